The minimum Gasteiger partial charge on any atom is -0.328 e. The molecule has 1 aromatic heterocycles. The van der Waals surface area contributed by atoms with Crippen molar-refractivity contribution in [2.75, 3.05) is 18.0 Å². The van der Waals surface area contributed by atoms with Crippen LogP contribution in [0.2, 0.25) is 5.02 Å². The van der Waals surface area contributed by atoms with Gasteiger partial charge in [-0.2, -0.15) is 0 Å². The second-order valence-corrected chi connectivity index (χ2v) is 8.50. The number of pyridine rings is 1. The lowest BCUT2D eigenvalue weighted by Crippen LogP contribution is -2.33. The Balaban J connectivity index is 1.44. The Morgan fingerprint density at radius 1 is 0.967 bits per heavy atom. The minimum atomic E-state index is 0.793. The Kier molecular flexibility index (Phi) is 5.16. The first-order valence-corrected chi connectivity index (χ1v) is 10.7. The van der Waals surface area contributed by atoms with E-state index in [1.807, 2.05) is 24.4 Å². The van der Waals surface area contributed by atoms with Gasteiger partial charge in [0, 0.05) is 49.2 Å². The summed E-state index contributed by atoms with van der Waals surface area (Å²) in [5, 5.41) is 0.793. The van der Waals surface area contributed by atoms with Gasteiger partial charge in [-0.3, -0.25) is 4.90 Å². The van der Waals surface area contributed by atoms with Gasteiger partial charge in [-0.15, -0.1) is 0 Å². The van der Waals surface area contributed by atoms with Crippen molar-refractivity contribution in [2.24, 2.45) is 0 Å². The molecule has 0 aliphatic carbocycles. The van der Waals surface area contributed by atoms with Crippen LogP contribution in [0.15, 0.2) is 84.7 Å². The smallest absolute Gasteiger partial charge is 0.140 e. The summed E-state index contributed by atoms with van der Waals surface area (Å²) in [4.78, 5) is 9.45. The van der Waals surface area contributed by atoms with Crippen molar-refractivity contribution >= 4 is 23.0 Å². The third-order valence-corrected chi connectivity index (χ3v) is 5.96. The maximum atomic E-state index is 6.18. The zero-order chi connectivity index (χ0) is 20.5. The SMILES string of the molecule is Cc1ccc(CN2C=C3CN(Cc4cccc(Cl)c4)CC=C3c3cccnc32)cc1. The van der Waals surface area contributed by atoms with Crippen LogP contribution in [-0.4, -0.2) is 23.0 Å². The van der Waals surface area contributed by atoms with E-state index in [-0.39, 0.29) is 0 Å². The first kappa shape index (κ1) is 19.1. The first-order valence-electron chi connectivity index (χ1n) is 10.3. The zero-order valence-electron chi connectivity index (χ0n) is 17.1. The van der Waals surface area contributed by atoms with E-state index in [0.29, 0.717) is 0 Å². The Hall–Kier alpha value is -2.88. The van der Waals surface area contributed by atoms with E-state index in [1.54, 1.807) is 0 Å². The molecular weight excluding hydrogens is 390 g/mol. The molecular formula is C26H24ClN3. The molecule has 3 aromatic rings. The monoisotopic (exact) mass is 413 g/mol. The average Bonchev–Trinajstić information content (AvgIpc) is 2.75. The molecule has 0 radical (unpaired) electrons. The second-order valence-electron chi connectivity index (χ2n) is 8.06. The van der Waals surface area contributed by atoms with Crippen molar-refractivity contribution in [1.29, 1.82) is 0 Å². The number of aromatic nitrogens is 1. The van der Waals surface area contributed by atoms with E-state index in [9.17, 15) is 0 Å². The van der Waals surface area contributed by atoms with Crippen molar-refractivity contribution in [2.45, 2.75) is 20.0 Å². The van der Waals surface area contributed by atoms with Crippen molar-refractivity contribution in [1.82, 2.24) is 9.88 Å². The highest BCUT2D eigenvalue weighted by Gasteiger charge is 2.27. The van der Waals surface area contributed by atoms with E-state index in [4.69, 9.17) is 16.6 Å². The Morgan fingerprint density at radius 2 is 1.83 bits per heavy atom. The summed E-state index contributed by atoms with van der Waals surface area (Å²) in [5.41, 5.74) is 7.70. The van der Waals surface area contributed by atoms with Crippen molar-refractivity contribution < 1.29 is 0 Å². The van der Waals surface area contributed by atoms with Gasteiger partial charge in [0.2, 0.25) is 0 Å². The number of benzene rings is 2. The second kappa shape index (κ2) is 8.10. The van der Waals surface area contributed by atoms with Crippen molar-refractivity contribution in [3.05, 3.63) is 112 Å². The summed E-state index contributed by atoms with van der Waals surface area (Å²) in [6, 6.07) is 21.1. The van der Waals surface area contributed by atoms with E-state index >= 15 is 0 Å². The molecule has 0 bridgehead atoms. The van der Waals surface area contributed by atoms with Crippen LogP contribution in [-0.2, 0) is 13.1 Å². The number of fused-ring (bicyclic) bond motifs is 3. The normalized spacial score (nSPS) is 15.9. The summed E-state index contributed by atoms with van der Waals surface area (Å²) in [6.07, 6.45) is 6.50. The summed E-state index contributed by atoms with van der Waals surface area (Å²) in [7, 11) is 0. The molecule has 30 heavy (non-hydrogen) atoms. The lowest BCUT2D eigenvalue weighted by atomic mass is 9.92. The standard InChI is InChI=1S/C26H24ClN3/c1-19-7-9-20(10-8-19)16-30-18-22-17-29(15-21-4-2-5-23(27)14-21)13-11-24(22)25-6-3-12-28-26(25)30/h2-12,14,18H,13,15-17H2,1H3. The first-order chi connectivity index (χ1) is 14.7. The summed E-state index contributed by atoms with van der Waals surface area (Å²) < 4.78 is 0. The van der Waals surface area contributed by atoms with Crippen LogP contribution in [0.25, 0.3) is 5.57 Å². The van der Waals surface area contributed by atoms with Gasteiger partial charge in [-0.05, 0) is 53.5 Å². The van der Waals surface area contributed by atoms with Crippen molar-refractivity contribution in [3.63, 3.8) is 0 Å². The molecule has 0 saturated heterocycles. The summed E-state index contributed by atoms with van der Waals surface area (Å²) in [6.45, 7) is 5.66. The number of anilines is 1. The number of hydrogen-bond acceptors (Lipinski definition) is 3. The largest absolute Gasteiger partial charge is 0.328 e. The maximum absolute atomic E-state index is 6.18. The lowest BCUT2D eigenvalue weighted by Gasteiger charge is -2.35. The zero-order valence-corrected chi connectivity index (χ0v) is 17.8. The van der Waals surface area contributed by atoms with Gasteiger partial charge in [0.25, 0.3) is 0 Å². The molecule has 150 valence electrons. The average molecular weight is 414 g/mol. The number of aryl methyl sites for hydroxylation is 1. The molecule has 0 unspecified atom stereocenters. The Morgan fingerprint density at radius 3 is 2.67 bits per heavy atom. The topological polar surface area (TPSA) is 19.4 Å². The van der Waals surface area contributed by atoms with Crippen LogP contribution in [0.3, 0.4) is 0 Å². The third kappa shape index (κ3) is 3.91. The minimum absolute atomic E-state index is 0.793. The molecule has 0 N–H and O–H groups in total. The molecule has 3 heterocycles. The molecule has 0 fully saturated rings. The highest BCUT2D eigenvalue weighted by Crippen LogP contribution is 2.38. The predicted octanol–water partition coefficient (Wildman–Crippen LogP) is 5.85. The van der Waals surface area contributed by atoms with Gasteiger partial charge < -0.3 is 4.90 Å². The maximum Gasteiger partial charge on any atom is 0.140 e. The van der Waals surface area contributed by atoms with Crippen molar-refractivity contribution in [3.8, 4) is 0 Å². The van der Waals surface area contributed by atoms with Crippen LogP contribution in [0.1, 0.15) is 22.3 Å². The summed E-state index contributed by atoms with van der Waals surface area (Å²) in [5.74, 6) is 1.04. The van der Waals surface area contributed by atoms with Crippen LogP contribution in [0.4, 0.5) is 5.82 Å². The van der Waals surface area contributed by atoms with Gasteiger partial charge in [-0.1, -0.05) is 59.6 Å². The molecule has 0 spiro atoms. The molecule has 2 aromatic carbocycles. The van der Waals surface area contributed by atoms with Gasteiger partial charge in [-0.25, -0.2) is 4.98 Å². The molecule has 2 aliphatic heterocycles. The Labute approximate surface area is 182 Å². The van der Waals surface area contributed by atoms with E-state index in [2.05, 4.69) is 71.5 Å². The van der Waals surface area contributed by atoms with Gasteiger partial charge in [0.05, 0.1) is 0 Å². The summed E-state index contributed by atoms with van der Waals surface area (Å²) >= 11 is 6.18. The fourth-order valence-electron chi connectivity index (χ4n) is 4.25. The van der Waals surface area contributed by atoms with E-state index in [1.165, 1.54) is 33.4 Å². The van der Waals surface area contributed by atoms with Crippen LogP contribution in [0.5, 0.6) is 0 Å². The molecule has 0 amide bonds. The predicted molar refractivity (Wildman–Crippen MR) is 124 cm³/mol. The van der Waals surface area contributed by atoms with Gasteiger partial charge in [0.1, 0.15) is 5.82 Å². The van der Waals surface area contributed by atoms with Gasteiger partial charge >= 0.3 is 0 Å². The number of halogens is 1. The van der Waals surface area contributed by atoms with Crippen LogP contribution in [0, 0.1) is 6.92 Å². The van der Waals surface area contributed by atoms with E-state index in [0.717, 1.165) is 37.0 Å². The number of hydrogen-bond donors (Lipinski definition) is 0. The molecule has 3 nitrogen and oxygen atoms in total. The molecule has 0 saturated carbocycles. The molecule has 5 rings (SSSR count). The highest BCUT2D eigenvalue weighted by atomic mass is 35.5. The van der Waals surface area contributed by atoms with Crippen LogP contribution < -0.4 is 4.90 Å². The van der Waals surface area contributed by atoms with Crippen LogP contribution >= 0.6 is 11.6 Å². The Bertz CT molecular complexity index is 1130. The number of rotatable bonds is 4. The molecule has 0 atom stereocenters. The molecule has 2 aliphatic rings. The lowest BCUT2D eigenvalue weighted by molar-refractivity contribution is 0.317. The molecule has 4 heteroatoms. The quantitative estimate of drug-likeness (QED) is 0.535. The number of nitrogens with zero attached hydrogens (tertiary/aromatic N) is 3. The fourth-order valence-corrected chi connectivity index (χ4v) is 4.46. The highest BCUT2D eigenvalue weighted by molar-refractivity contribution is 6.30. The fraction of sp³-hybridized carbons (Fsp3) is 0.192. The third-order valence-electron chi connectivity index (χ3n) is 5.72. The van der Waals surface area contributed by atoms with E-state index < -0.39 is 0 Å². The van der Waals surface area contributed by atoms with Gasteiger partial charge in [0.15, 0.2) is 0 Å².